The van der Waals surface area contributed by atoms with E-state index in [2.05, 4.69) is 10.3 Å². The lowest BCUT2D eigenvalue weighted by atomic mass is 10.2. The Labute approximate surface area is 190 Å². The zero-order valence-corrected chi connectivity index (χ0v) is 19.1. The molecule has 0 unspecified atom stereocenters. The van der Waals surface area contributed by atoms with Crippen molar-refractivity contribution in [2.45, 2.75) is 19.0 Å². The van der Waals surface area contributed by atoms with Crippen molar-refractivity contribution in [1.82, 2.24) is 9.66 Å². The molecule has 0 fully saturated rings. The highest BCUT2D eigenvalue weighted by Gasteiger charge is 2.22. The maximum Gasteiger partial charge on any atom is 0.348 e. The van der Waals surface area contributed by atoms with Gasteiger partial charge in [0.2, 0.25) is 5.91 Å². The molecule has 10 nitrogen and oxygen atoms in total. The fraction of sp³-hybridized carbons (Fsp3) is 0.250. The maximum atomic E-state index is 12.7. The minimum Gasteiger partial charge on any atom is -0.465 e. The molecule has 0 atom stereocenters. The highest BCUT2D eigenvalue weighted by molar-refractivity contribution is 7.99. The first kappa shape index (κ1) is 23.3. The number of benzene rings is 1. The number of carbonyl (C=O) groups excluding carboxylic acids is 3. The topological polar surface area (TPSA) is 143 Å². The normalized spacial score (nSPS) is 10.7. The van der Waals surface area contributed by atoms with Crippen molar-refractivity contribution in [2.24, 2.45) is 0 Å². The molecule has 0 aliphatic rings. The first-order valence-corrected chi connectivity index (χ1v) is 11.2. The van der Waals surface area contributed by atoms with E-state index in [4.69, 9.17) is 15.3 Å². The SMILES string of the molecule is CCOC(=O)c1ccccc1NC(=O)CSc1nc2sc(C(=O)OC)c(C)c2c(=O)n1N. The van der Waals surface area contributed by atoms with Crippen LogP contribution >= 0.6 is 23.1 Å². The second kappa shape index (κ2) is 9.83. The van der Waals surface area contributed by atoms with Gasteiger partial charge in [0.15, 0.2) is 5.16 Å². The lowest BCUT2D eigenvalue weighted by Gasteiger charge is -2.11. The lowest BCUT2D eigenvalue weighted by molar-refractivity contribution is -0.113. The number of carbonyl (C=O) groups is 3. The number of nitrogens with zero attached hydrogens (tertiary/aromatic N) is 2. The van der Waals surface area contributed by atoms with Gasteiger partial charge in [-0.1, -0.05) is 23.9 Å². The molecule has 0 aliphatic carbocycles. The van der Waals surface area contributed by atoms with Gasteiger partial charge in [0.1, 0.15) is 9.71 Å². The molecule has 168 valence electrons. The molecule has 0 radical (unpaired) electrons. The zero-order chi connectivity index (χ0) is 23.4. The standard InChI is InChI=1S/C20H20N4O6S2/c1-4-30-18(27)11-7-5-6-8-12(11)22-13(25)9-31-20-23-16-14(17(26)24(20)21)10(2)15(32-16)19(28)29-3/h5-8H,4,9,21H2,1-3H3,(H,22,25). The van der Waals surface area contributed by atoms with Crippen molar-refractivity contribution in [3.05, 3.63) is 50.6 Å². The van der Waals surface area contributed by atoms with E-state index < -0.39 is 23.4 Å². The minimum atomic E-state index is -0.567. The third kappa shape index (κ3) is 4.60. The van der Waals surface area contributed by atoms with Crippen molar-refractivity contribution in [2.75, 3.05) is 30.6 Å². The van der Waals surface area contributed by atoms with Crippen molar-refractivity contribution in [3.63, 3.8) is 0 Å². The van der Waals surface area contributed by atoms with Crippen molar-refractivity contribution in [3.8, 4) is 0 Å². The van der Waals surface area contributed by atoms with E-state index in [-0.39, 0.29) is 33.3 Å². The van der Waals surface area contributed by atoms with Crippen LogP contribution in [0.3, 0.4) is 0 Å². The molecule has 0 aliphatic heterocycles. The van der Waals surface area contributed by atoms with E-state index in [0.717, 1.165) is 27.8 Å². The number of para-hydroxylation sites is 1. The Bertz CT molecular complexity index is 1270. The lowest BCUT2D eigenvalue weighted by Crippen LogP contribution is -2.30. The second-order valence-electron chi connectivity index (χ2n) is 6.40. The van der Waals surface area contributed by atoms with Gasteiger partial charge in [-0.3, -0.25) is 9.59 Å². The van der Waals surface area contributed by atoms with Crippen LogP contribution < -0.4 is 16.7 Å². The Hall–Kier alpha value is -3.38. The fourth-order valence-electron chi connectivity index (χ4n) is 2.86. The van der Waals surface area contributed by atoms with E-state index >= 15 is 0 Å². The number of ether oxygens (including phenoxy) is 2. The number of hydrogen-bond acceptors (Lipinski definition) is 10. The van der Waals surface area contributed by atoms with Crippen LogP contribution in [0.1, 0.15) is 32.5 Å². The third-order valence-corrected chi connectivity index (χ3v) is 6.48. The monoisotopic (exact) mass is 476 g/mol. The van der Waals surface area contributed by atoms with Gasteiger partial charge in [0, 0.05) is 0 Å². The van der Waals surface area contributed by atoms with E-state index in [1.54, 1.807) is 38.1 Å². The van der Waals surface area contributed by atoms with Crippen LogP contribution in [0, 0.1) is 6.92 Å². The Balaban J connectivity index is 1.80. The van der Waals surface area contributed by atoms with Crippen LogP contribution in [0.5, 0.6) is 0 Å². The van der Waals surface area contributed by atoms with E-state index in [0.29, 0.717) is 16.1 Å². The predicted octanol–water partition coefficient (Wildman–Crippen LogP) is 2.17. The number of nitrogens with one attached hydrogen (secondary N) is 1. The van der Waals surface area contributed by atoms with Gasteiger partial charge in [0.05, 0.1) is 36.1 Å². The van der Waals surface area contributed by atoms with Gasteiger partial charge >= 0.3 is 11.9 Å². The molecular formula is C20H20N4O6S2. The smallest absolute Gasteiger partial charge is 0.348 e. The quantitative estimate of drug-likeness (QED) is 0.227. The number of aryl methyl sites for hydroxylation is 1. The van der Waals surface area contributed by atoms with Crippen molar-refractivity contribution in [1.29, 1.82) is 0 Å². The molecule has 3 rings (SSSR count). The summed E-state index contributed by atoms with van der Waals surface area (Å²) in [5.74, 6) is 4.22. The first-order chi connectivity index (χ1) is 15.3. The average Bonchev–Trinajstić information content (AvgIpc) is 3.11. The molecule has 1 aromatic carbocycles. The van der Waals surface area contributed by atoms with Gasteiger partial charge in [-0.25, -0.2) is 19.2 Å². The van der Waals surface area contributed by atoms with Crippen LogP contribution in [-0.2, 0) is 14.3 Å². The van der Waals surface area contributed by atoms with E-state index in [1.165, 1.54) is 7.11 Å². The minimum absolute atomic E-state index is 0.106. The molecular weight excluding hydrogens is 456 g/mol. The van der Waals surface area contributed by atoms with Gasteiger partial charge in [0.25, 0.3) is 5.56 Å². The number of anilines is 1. The Morgan fingerprint density at radius 3 is 2.66 bits per heavy atom. The zero-order valence-electron chi connectivity index (χ0n) is 17.5. The van der Waals surface area contributed by atoms with Gasteiger partial charge in [-0.05, 0) is 31.5 Å². The summed E-state index contributed by atoms with van der Waals surface area (Å²) in [6.07, 6.45) is 0. The highest BCUT2D eigenvalue weighted by Crippen LogP contribution is 2.29. The largest absolute Gasteiger partial charge is 0.465 e. The Morgan fingerprint density at radius 1 is 1.25 bits per heavy atom. The van der Waals surface area contributed by atoms with Gasteiger partial charge < -0.3 is 20.6 Å². The van der Waals surface area contributed by atoms with E-state index in [9.17, 15) is 19.2 Å². The molecule has 0 spiro atoms. The number of amides is 1. The maximum absolute atomic E-state index is 12.7. The molecule has 3 aromatic rings. The highest BCUT2D eigenvalue weighted by atomic mass is 32.2. The van der Waals surface area contributed by atoms with Crippen LogP contribution in [0.15, 0.2) is 34.2 Å². The van der Waals surface area contributed by atoms with Gasteiger partial charge in [-0.2, -0.15) is 0 Å². The number of aromatic nitrogens is 2. The summed E-state index contributed by atoms with van der Waals surface area (Å²) in [6.45, 7) is 3.52. The van der Waals surface area contributed by atoms with Crippen molar-refractivity contribution >= 4 is 56.8 Å². The fourth-order valence-corrected chi connectivity index (χ4v) is 4.72. The molecule has 0 bridgehead atoms. The number of methoxy groups -OCH3 is 1. The number of nitrogen functional groups attached to an aromatic ring is 1. The van der Waals surface area contributed by atoms with Crippen LogP contribution in [0.2, 0.25) is 0 Å². The number of esters is 2. The van der Waals surface area contributed by atoms with Crippen molar-refractivity contribution < 1.29 is 23.9 Å². The van der Waals surface area contributed by atoms with Crippen LogP contribution in [0.25, 0.3) is 10.2 Å². The van der Waals surface area contributed by atoms with Crippen LogP contribution in [0.4, 0.5) is 5.69 Å². The third-order valence-electron chi connectivity index (χ3n) is 4.36. The summed E-state index contributed by atoms with van der Waals surface area (Å²) in [6, 6.07) is 6.47. The predicted molar refractivity (Wildman–Crippen MR) is 122 cm³/mol. The number of thioether (sulfide) groups is 1. The summed E-state index contributed by atoms with van der Waals surface area (Å²) >= 11 is 1.97. The molecule has 32 heavy (non-hydrogen) atoms. The number of hydrogen-bond donors (Lipinski definition) is 2. The van der Waals surface area contributed by atoms with Gasteiger partial charge in [-0.15, -0.1) is 11.3 Å². The molecule has 2 heterocycles. The summed E-state index contributed by atoms with van der Waals surface area (Å²) in [4.78, 5) is 54.1. The summed E-state index contributed by atoms with van der Waals surface area (Å²) < 4.78 is 10.6. The molecule has 1 amide bonds. The molecule has 3 N–H and O–H groups in total. The molecule has 12 heteroatoms. The molecule has 2 aromatic heterocycles. The van der Waals surface area contributed by atoms with E-state index in [1.807, 2.05) is 0 Å². The first-order valence-electron chi connectivity index (χ1n) is 9.36. The summed E-state index contributed by atoms with van der Waals surface area (Å²) in [5.41, 5.74) is 0.446. The molecule has 0 saturated heterocycles. The second-order valence-corrected chi connectivity index (χ2v) is 8.34. The number of fused-ring (bicyclic) bond motifs is 1. The number of nitrogens with two attached hydrogens (primary N) is 1. The summed E-state index contributed by atoms with van der Waals surface area (Å²) in [7, 11) is 1.25. The Morgan fingerprint density at radius 2 is 1.97 bits per heavy atom. The number of thiophene rings is 1. The Kier molecular flexibility index (Phi) is 7.15. The number of rotatable bonds is 7. The van der Waals surface area contributed by atoms with Crippen LogP contribution in [-0.4, -0.2) is 47.0 Å². The average molecular weight is 477 g/mol. The molecule has 0 saturated carbocycles. The summed E-state index contributed by atoms with van der Waals surface area (Å²) in [5, 5.41) is 2.99.